The van der Waals surface area contributed by atoms with E-state index < -0.39 is 12.1 Å². The van der Waals surface area contributed by atoms with Gasteiger partial charge in [0.15, 0.2) is 5.96 Å². The molecule has 0 fully saturated rings. The molecule has 0 saturated heterocycles. The van der Waals surface area contributed by atoms with Gasteiger partial charge in [0.2, 0.25) is 11.8 Å². The minimum atomic E-state index is -0.778. The van der Waals surface area contributed by atoms with Gasteiger partial charge >= 0.3 is 0 Å². The van der Waals surface area contributed by atoms with E-state index in [1.807, 2.05) is 72.8 Å². The van der Waals surface area contributed by atoms with E-state index in [1.54, 1.807) is 0 Å². The average Bonchev–Trinajstić information content (AvgIpc) is 2.81. The maximum absolute atomic E-state index is 13.0. The van der Waals surface area contributed by atoms with Gasteiger partial charge < -0.3 is 27.8 Å². The van der Waals surface area contributed by atoms with E-state index in [4.69, 9.17) is 17.2 Å². The molecule has 0 aliphatic rings. The Balaban J connectivity index is 0.00000306. The number of nitrogens with two attached hydrogens (primary N) is 3. The van der Waals surface area contributed by atoms with Crippen LogP contribution in [-0.2, 0) is 16.0 Å². The lowest BCUT2D eigenvalue weighted by molar-refractivity contribution is -0.127. The third kappa shape index (κ3) is 9.44. The van der Waals surface area contributed by atoms with Gasteiger partial charge in [-0.2, -0.15) is 0 Å². The second-order valence-corrected chi connectivity index (χ2v) is 7.86. The summed E-state index contributed by atoms with van der Waals surface area (Å²) in [6, 6.07) is 21.5. The molecule has 8 N–H and O–H groups in total. The molecule has 0 bridgehead atoms. The maximum Gasteiger partial charge on any atom is 0.246 e. The molecular weight excluding hydrogens is 487 g/mol. The number of guanidine groups is 1. The summed E-state index contributed by atoms with van der Waals surface area (Å²) in [4.78, 5) is 29.7. The number of carbonyl (C=O) groups excluding carboxylic acids is 2. The van der Waals surface area contributed by atoms with Crippen LogP contribution in [0, 0.1) is 0 Å². The Kier molecular flexibility index (Phi) is 12.6. The molecule has 188 valence electrons. The molecule has 2 atom stereocenters. The van der Waals surface area contributed by atoms with Crippen LogP contribution in [0.3, 0.4) is 0 Å². The van der Waals surface area contributed by atoms with Gasteiger partial charge in [-0.3, -0.25) is 14.6 Å². The monoisotopic (exact) mass is 518 g/mol. The second-order valence-electron chi connectivity index (χ2n) is 7.86. The van der Waals surface area contributed by atoms with Gasteiger partial charge in [-0.15, -0.1) is 24.8 Å². The van der Waals surface area contributed by atoms with Gasteiger partial charge in [-0.25, -0.2) is 0 Å². The van der Waals surface area contributed by atoms with Gasteiger partial charge in [-0.1, -0.05) is 60.7 Å². The first-order valence-electron chi connectivity index (χ1n) is 10.9. The smallest absolute Gasteiger partial charge is 0.246 e. The molecule has 0 aliphatic carbocycles. The second kappa shape index (κ2) is 14.8. The molecule has 0 aromatic heterocycles. The quantitative estimate of drug-likeness (QED) is 0.159. The number of benzene rings is 3. The molecule has 3 aromatic rings. The van der Waals surface area contributed by atoms with Crippen LogP contribution < -0.4 is 27.8 Å². The van der Waals surface area contributed by atoms with Crippen LogP contribution in [0.1, 0.15) is 18.4 Å². The maximum atomic E-state index is 13.0. The predicted molar refractivity (Wildman–Crippen MR) is 147 cm³/mol. The fraction of sp³-hybridized carbons (Fsp3) is 0.240. The Morgan fingerprint density at radius 1 is 0.857 bits per heavy atom. The SMILES string of the molecule is Cl.Cl.NC(N)=NCCC[C@H](NC(=O)[C@@H](N)Cc1ccccc1)C(=O)Nc1ccc2ccccc2c1. The number of nitrogens with zero attached hydrogens (tertiary/aromatic N) is 1. The molecule has 0 unspecified atom stereocenters. The first-order chi connectivity index (χ1) is 15.9. The molecule has 10 heteroatoms. The summed E-state index contributed by atoms with van der Waals surface area (Å²) in [7, 11) is 0. The van der Waals surface area contributed by atoms with Crippen LogP contribution in [0.4, 0.5) is 5.69 Å². The van der Waals surface area contributed by atoms with E-state index >= 15 is 0 Å². The highest BCUT2D eigenvalue weighted by molar-refractivity contribution is 5.99. The van der Waals surface area contributed by atoms with Crippen molar-refractivity contribution in [3.8, 4) is 0 Å². The molecule has 0 aliphatic heterocycles. The average molecular weight is 519 g/mol. The molecule has 0 heterocycles. The fourth-order valence-corrected chi connectivity index (χ4v) is 3.51. The number of amides is 2. The molecule has 8 nitrogen and oxygen atoms in total. The molecule has 35 heavy (non-hydrogen) atoms. The van der Waals surface area contributed by atoms with Crippen molar-refractivity contribution in [3.63, 3.8) is 0 Å². The zero-order valence-electron chi connectivity index (χ0n) is 19.2. The van der Waals surface area contributed by atoms with Crippen molar-refractivity contribution in [2.24, 2.45) is 22.2 Å². The lowest BCUT2D eigenvalue weighted by atomic mass is 10.0. The third-order valence-electron chi connectivity index (χ3n) is 5.23. The minimum Gasteiger partial charge on any atom is -0.370 e. The normalized spacial score (nSPS) is 11.8. The summed E-state index contributed by atoms with van der Waals surface area (Å²) in [5.41, 5.74) is 18.5. The summed E-state index contributed by atoms with van der Waals surface area (Å²) in [5.74, 6) is -0.726. The molecule has 3 rings (SSSR count). The number of nitrogens with one attached hydrogen (secondary N) is 2. The topological polar surface area (TPSA) is 149 Å². The molecule has 3 aromatic carbocycles. The number of hydrogen-bond acceptors (Lipinski definition) is 4. The van der Waals surface area contributed by atoms with Crippen molar-refractivity contribution in [1.29, 1.82) is 0 Å². The largest absolute Gasteiger partial charge is 0.370 e. The van der Waals surface area contributed by atoms with Crippen LogP contribution in [0.5, 0.6) is 0 Å². The number of rotatable bonds is 10. The van der Waals surface area contributed by atoms with Crippen molar-refractivity contribution in [2.45, 2.75) is 31.3 Å². The minimum absolute atomic E-state index is 0. The van der Waals surface area contributed by atoms with Gasteiger partial charge in [0.1, 0.15) is 6.04 Å². The number of halogens is 2. The van der Waals surface area contributed by atoms with Crippen LogP contribution >= 0.6 is 24.8 Å². The van der Waals surface area contributed by atoms with Gasteiger partial charge in [0.05, 0.1) is 6.04 Å². The Labute approximate surface area is 217 Å². The lowest BCUT2D eigenvalue weighted by Crippen LogP contribution is -2.50. The van der Waals surface area contributed by atoms with Crippen molar-refractivity contribution in [1.82, 2.24) is 5.32 Å². The number of fused-ring (bicyclic) bond motifs is 1. The number of anilines is 1. The highest BCUT2D eigenvalue weighted by atomic mass is 35.5. The van der Waals surface area contributed by atoms with E-state index in [9.17, 15) is 9.59 Å². The van der Waals surface area contributed by atoms with Crippen LogP contribution in [0.2, 0.25) is 0 Å². The Morgan fingerprint density at radius 3 is 2.20 bits per heavy atom. The molecular formula is C25H32Cl2N6O2. The van der Waals surface area contributed by atoms with Crippen LogP contribution in [-0.4, -0.2) is 36.4 Å². The Hall–Kier alpha value is -3.33. The summed E-state index contributed by atoms with van der Waals surface area (Å²) in [6.45, 7) is 0.355. The number of hydrogen-bond donors (Lipinski definition) is 5. The van der Waals surface area contributed by atoms with Crippen molar-refractivity contribution >= 4 is 59.0 Å². The van der Waals surface area contributed by atoms with E-state index in [1.165, 1.54) is 0 Å². The van der Waals surface area contributed by atoms with Crippen molar-refractivity contribution in [2.75, 3.05) is 11.9 Å². The van der Waals surface area contributed by atoms with Gasteiger partial charge in [-0.05, 0) is 47.7 Å². The lowest BCUT2D eigenvalue weighted by Gasteiger charge is -2.21. The van der Waals surface area contributed by atoms with E-state index in [0.717, 1.165) is 16.3 Å². The van der Waals surface area contributed by atoms with Crippen molar-refractivity contribution < 1.29 is 9.59 Å². The van der Waals surface area contributed by atoms with E-state index in [2.05, 4.69) is 15.6 Å². The van der Waals surface area contributed by atoms with Crippen LogP contribution in [0.15, 0.2) is 77.8 Å². The Morgan fingerprint density at radius 2 is 1.51 bits per heavy atom. The Bertz CT molecular complexity index is 1120. The van der Waals surface area contributed by atoms with Crippen LogP contribution in [0.25, 0.3) is 10.8 Å². The zero-order chi connectivity index (χ0) is 23.6. The summed E-state index contributed by atoms with van der Waals surface area (Å²) in [5, 5.41) is 7.78. The van der Waals surface area contributed by atoms with Gasteiger partial charge in [0.25, 0.3) is 0 Å². The standard InChI is InChI=1S/C25H30N6O2.2ClH/c26-21(15-17-7-2-1-3-8-17)23(32)31-22(11-6-14-29-25(27)28)24(33)30-20-13-12-18-9-4-5-10-19(18)16-20;;/h1-5,7-10,12-13,16,21-22H,6,11,14-15,26H2,(H,30,33)(H,31,32)(H4,27,28,29);2*1H/t21-,22-;;/m0../s1. The van der Waals surface area contributed by atoms with Crippen molar-refractivity contribution in [3.05, 3.63) is 78.4 Å². The third-order valence-corrected chi connectivity index (χ3v) is 5.23. The highest BCUT2D eigenvalue weighted by Crippen LogP contribution is 2.19. The molecule has 0 saturated carbocycles. The number of carbonyl (C=O) groups is 2. The van der Waals surface area contributed by atoms with Gasteiger partial charge in [0, 0.05) is 12.2 Å². The molecule has 0 radical (unpaired) electrons. The number of aliphatic imine (C=N–C) groups is 1. The summed E-state index contributed by atoms with van der Waals surface area (Å²) < 4.78 is 0. The summed E-state index contributed by atoms with van der Waals surface area (Å²) in [6.07, 6.45) is 1.25. The first kappa shape index (κ1) is 29.7. The summed E-state index contributed by atoms with van der Waals surface area (Å²) >= 11 is 0. The van der Waals surface area contributed by atoms with E-state index in [0.29, 0.717) is 31.5 Å². The predicted octanol–water partition coefficient (Wildman–Crippen LogP) is 2.73. The first-order valence-corrected chi connectivity index (χ1v) is 10.9. The van der Waals surface area contributed by atoms with E-state index in [-0.39, 0.29) is 42.6 Å². The molecule has 0 spiro atoms. The fourth-order valence-electron chi connectivity index (χ4n) is 3.51. The molecule has 2 amide bonds. The highest BCUT2D eigenvalue weighted by Gasteiger charge is 2.24. The zero-order valence-corrected chi connectivity index (χ0v) is 20.9.